The van der Waals surface area contributed by atoms with Crippen LogP contribution in [0.3, 0.4) is 0 Å². The third-order valence-electron chi connectivity index (χ3n) is 4.07. The molecule has 0 aliphatic heterocycles. The van der Waals surface area contributed by atoms with Crippen molar-refractivity contribution in [1.29, 1.82) is 0 Å². The molecule has 0 saturated carbocycles. The van der Waals surface area contributed by atoms with Crippen molar-refractivity contribution in [3.05, 3.63) is 94.0 Å². The zero-order chi connectivity index (χ0) is 20.6. The maximum atomic E-state index is 12.4. The van der Waals surface area contributed by atoms with Gasteiger partial charge in [-0.1, -0.05) is 36.4 Å². The van der Waals surface area contributed by atoms with Gasteiger partial charge < -0.3 is 10.1 Å². The Hall–Kier alpha value is -3.32. The summed E-state index contributed by atoms with van der Waals surface area (Å²) in [5, 5.41) is 13.6. The summed E-state index contributed by atoms with van der Waals surface area (Å²) < 4.78 is 5.92. The highest BCUT2D eigenvalue weighted by Crippen LogP contribution is 2.28. The number of hydrogen-bond donors (Lipinski definition) is 1. The van der Waals surface area contributed by atoms with Crippen LogP contribution in [0.1, 0.15) is 11.1 Å². The van der Waals surface area contributed by atoms with Gasteiger partial charge in [0.1, 0.15) is 12.4 Å². The van der Waals surface area contributed by atoms with Gasteiger partial charge in [-0.05, 0) is 42.3 Å². The fraction of sp³-hybridized carbons (Fsp3) is 0.136. The van der Waals surface area contributed by atoms with E-state index in [0.29, 0.717) is 18.0 Å². The number of nitro groups is 1. The molecule has 0 bridgehead atoms. The lowest BCUT2D eigenvalue weighted by atomic mass is 10.2. The number of nitrogens with zero attached hydrogens (tertiary/aromatic N) is 1. The van der Waals surface area contributed by atoms with E-state index in [-0.39, 0.29) is 17.3 Å². The predicted molar refractivity (Wildman–Crippen MR) is 114 cm³/mol. The molecule has 0 atom stereocenters. The van der Waals surface area contributed by atoms with Gasteiger partial charge in [0.05, 0.1) is 16.4 Å². The van der Waals surface area contributed by atoms with E-state index in [1.54, 1.807) is 12.1 Å². The fourth-order valence-corrected chi connectivity index (χ4v) is 3.29. The maximum absolute atomic E-state index is 12.4. The number of carbonyl (C=O) groups excluding carboxylic acids is 1. The number of benzene rings is 3. The monoisotopic (exact) mass is 408 g/mol. The van der Waals surface area contributed by atoms with Crippen molar-refractivity contribution in [2.24, 2.45) is 0 Å². The summed E-state index contributed by atoms with van der Waals surface area (Å²) in [5.41, 5.74) is 2.71. The van der Waals surface area contributed by atoms with Gasteiger partial charge >= 0.3 is 0 Å². The standard InChI is InChI=1S/C22H20N2O4S/c1-16-7-12-20(21(13-16)28-14-17-5-3-2-4-6-17)23-22(25)15-29-19-10-8-18(9-11-19)24(26)27/h2-13H,14-15H2,1H3,(H,23,25). The largest absolute Gasteiger partial charge is 0.487 e. The molecule has 0 unspecified atom stereocenters. The minimum atomic E-state index is -0.449. The van der Waals surface area contributed by atoms with Crippen molar-refractivity contribution in [2.45, 2.75) is 18.4 Å². The molecule has 0 aliphatic carbocycles. The summed E-state index contributed by atoms with van der Waals surface area (Å²) in [6.07, 6.45) is 0. The molecule has 7 heteroatoms. The number of nitro benzene ring substituents is 1. The topological polar surface area (TPSA) is 81.5 Å². The van der Waals surface area contributed by atoms with Gasteiger partial charge in [-0.15, -0.1) is 11.8 Å². The van der Waals surface area contributed by atoms with E-state index in [1.165, 1.54) is 23.9 Å². The van der Waals surface area contributed by atoms with E-state index < -0.39 is 4.92 Å². The fourth-order valence-electron chi connectivity index (χ4n) is 2.59. The van der Waals surface area contributed by atoms with Crippen LogP contribution >= 0.6 is 11.8 Å². The molecule has 0 heterocycles. The Morgan fingerprint density at radius 1 is 1.07 bits per heavy atom. The second kappa shape index (κ2) is 9.75. The molecule has 1 amide bonds. The molecule has 3 aromatic rings. The lowest BCUT2D eigenvalue weighted by molar-refractivity contribution is -0.384. The minimum Gasteiger partial charge on any atom is -0.487 e. The molecule has 0 aliphatic rings. The molecule has 0 spiro atoms. The van der Waals surface area contributed by atoms with Gasteiger partial charge in [0.15, 0.2) is 0 Å². The van der Waals surface area contributed by atoms with Crippen LogP contribution in [-0.2, 0) is 11.4 Å². The Morgan fingerprint density at radius 3 is 2.48 bits per heavy atom. The first-order valence-electron chi connectivity index (χ1n) is 8.96. The molecular formula is C22H20N2O4S. The summed E-state index contributed by atoms with van der Waals surface area (Å²) in [6, 6.07) is 21.6. The molecule has 0 fully saturated rings. The average molecular weight is 408 g/mol. The molecular weight excluding hydrogens is 388 g/mol. The second-order valence-corrected chi connectivity index (χ2v) is 7.41. The van der Waals surface area contributed by atoms with E-state index in [2.05, 4.69) is 5.32 Å². The Bertz CT molecular complexity index is 991. The highest BCUT2D eigenvalue weighted by molar-refractivity contribution is 8.00. The average Bonchev–Trinajstić information content (AvgIpc) is 2.73. The van der Waals surface area contributed by atoms with Gasteiger partial charge in [-0.25, -0.2) is 0 Å². The van der Waals surface area contributed by atoms with Crippen LogP contribution in [0.5, 0.6) is 5.75 Å². The molecule has 29 heavy (non-hydrogen) atoms. The highest BCUT2D eigenvalue weighted by atomic mass is 32.2. The first-order chi connectivity index (χ1) is 14.0. The number of rotatable bonds is 8. The lowest BCUT2D eigenvalue weighted by Gasteiger charge is -2.13. The number of amides is 1. The number of ether oxygens (including phenoxy) is 1. The summed E-state index contributed by atoms with van der Waals surface area (Å²) in [4.78, 5) is 23.4. The summed E-state index contributed by atoms with van der Waals surface area (Å²) in [5.74, 6) is 0.619. The summed E-state index contributed by atoms with van der Waals surface area (Å²) in [6.45, 7) is 2.37. The normalized spacial score (nSPS) is 10.4. The van der Waals surface area contributed by atoms with Gasteiger partial charge in [0, 0.05) is 17.0 Å². The zero-order valence-corrected chi connectivity index (χ0v) is 16.6. The first kappa shape index (κ1) is 20.4. The number of nitrogens with one attached hydrogen (secondary N) is 1. The van der Waals surface area contributed by atoms with Gasteiger partial charge in [-0.2, -0.15) is 0 Å². The molecule has 3 rings (SSSR count). The number of aryl methyl sites for hydroxylation is 1. The zero-order valence-electron chi connectivity index (χ0n) is 15.8. The number of carbonyl (C=O) groups is 1. The molecule has 3 aromatic carbocycles. The molecule has 1 N–H and O–H groups in total. The number of hydrogen-bond acceptors (Lipinski definition) is 5. The van der Waals surface area contributed by atoms with Crippen molar-refractivity contribution in [2.75, 3.05) is 11.1 Å². The SMILES string of the molecule is Cc1ccc(NC(=O)CSc2ccc([N+](=O)[O-])cc2)c(OCc2ccccc2)c1. The van der Waals surface area contributed by atoms with Crippen LogP contribution in [0.2, 0.25) is 0 Å². The summed E-state index contributed by atoms with van der Waals surface area (Å²) in [7, 11) is 0. The van der Waals surface area contributed by atoms with E-state index in [1.807, 2.05) is 55.5 Å². The van der Waals surface area contributed by atoms with Gasteiger partial charge in [0.25, 0.3) is 5.69 Å². The van der Waals surface area contributed by atoms with Crippen molar-refractivity contribution in [3.63, 3.8) is 0 Å². The Labute approximate surface area is 173 Å². The molecule has 6 nitrogen and oxygen atoms in total. The van der Waals surface area contributed by atoms with E-state index in [0.717, 1.165) is 16.0 Å². The minimum absolute atomic E-state index is 0.0265. The third-order valence-corrected chi connectivity index (χ3v) is 5.08. The van der Waals surface area contributed by atoms with Crippen LogP contribution in [0.25, 0.3) is 0 Å². The predicted octanol–water partition coefficient (Wildman–Crippen LogP) is 5.21. The third kappa shape index (κ3) is 6.08. The van der Waals surface area contributed by atoms with Crippen LogP contribution in [0.15, 0.2) is 77.7 Å². The van der Waals surface area contributed by atoms with Crippen LogP contribution in [0, 0.1) is 17.0 Å². The lowest BCUT2D eigenvalue weighted by Crippen LogP contribution is -2.15. The van der Waals surface area contributed by atoms with Crippen molar-refractivity contribution >= 4 is 29.0 Å². The maximum Gasteiger partial charge on any atom is 0.269 e. The van der Waals surface area contributed by atoms with Crippen LogP contribution in [-0.4, -0.2) is 16.6 Å². The first-order valence-corrected chi connectivity index (χ1v) is 9.94. The number of non-ortho nitro benzene ring substituents is 1. The second-order valence-electron chi connectivity index (χ2n) is 6.36. The molecule has 0 saturated heterocycles. The van der Waals surface area contributed by atoms with Gasteiger partial charge in [-0.3, -0.25) is 14.9 Å². The Kier molecular flexibility index (Phi) is 6.86. The molecule has 0 radical (unpaired) electrons. The van der Waals surface area contributed by atoms with Crippen molar-refractivity contribution in [3.8, 4) is 5.75 Å². The van der Waals surface area contributed by atoms with Crippen LogP contribution in [0.4, 0.5) is 11.4 Å². The number of anilines is 1. The highest BCUT2D eigenvalue weighted by Gasteiger charge is 2.10. The Balaban J connectivity index is 1.59. The Morgan fingerprint density at radius 2 is 1.79 bits per heavy atom. The van der Waals surface area contributed by atoms with Gasteiger partial charge in [0.2, 0.25) is 5.91 Å². The smallest absolute Gasteiger partial charge is 0.269 e. The number of thioether (sulfide) groups is 1. The molecule has 0 aromatic heterocycles. The molecule has 148 valence electrons. The van der Waals surface area contributed by atoms with E-state index in [4.69, 9.17) is 4.74 Å². The van der Waals surface area contributed by atoms with Crippen molar-refractivity contribution < 1.29 is 14.5 Å². The van der Waals surface area contributed by atoms with Crippen LogP contribution < -0.4 is 10.1 Å². The quantitative estimate of drug-likeness (QED) is 0.314. The van der Waals surface area contributed by atoms with E-state index in [9.17, 15) is 14.9 Å². The van der Waals surface area contributed by atoms with Crippen molar-refractivity contribution in [1.82, 2.24) is 0 Å². The van der Waals surface area contributed by atoms with E-state index >= 15 is 0 Å². The summed E-state index contributed by atoms with van der Waals surface area (Å²) >= 11 is 1.31.